The molecule has 0 aliphatic carbocycles. The fraction of sp³-hybridized carbons (Fsp3) is 0.286. The Labute approximate surface area is 124 Å². The molecule has 1 aromatic carbocycles. The van der Waals surface area contributed by atoms with Crippen molar-refractivity contribution in [3.63, 3.8) is 0 Å². The van der Waals surface area contributed by atoms with Crippen molar-refractivity contribution in [1.29, 1.82) is 0 Å². The Kier molecular flexibility index (Phi) is 5.10. The van der Waals surface area contributed by atoms with Crippen molar-refractivity contribution < 1.29 is 4.39 Å². The van der Waals surface area contributed by atoms with Crippen LogP contribution in [0.5, 0.6) is 0 Å². The van der Waals surface area contributed by atoms with Crippen molar-refractivity contribution >= 4 is 27.3 Å². The van der Waals surface area contributed by atoms with Crippen LogP contribution >= 0.6 is 27.3 Å². The summed E-state index contributed by atoms with van der Waals surface area (Å²) in [6.07, 6.45) is 1.79. The lowest BCUT2D eigenvalue weighted by Gasteiger charge is -2.17. The van der Waals surface area contributed by atoms with Crippen molar-refractivity contribution in [3.05, 3.63) is 55.9 Å². The summed E-state index contributed by atoms with van der Waals surface area (Å²) in [4.78, 5) is 2.60. The van der Waals surface area contributed by atoms with Crippen LogP contribution in [0, 0.1) is 5.82 Å². The van der Waals surface area contributed by atoms with Gasteiger partial charge in [-0.25, -0.2) is 4.39 Å². The molecule has 0 fully saturated rings. The third-order valence-electron chi connectivity index (χ3n) is 3.03. The average Bonchev–Trinajstić information content (AvgIpc) is 2.87. The highest BCUT2D eigenvalue weighted by Crippen LogP contribution is 2.29. The fourth-order valence-electron chi connectivity index (χ4n) is 1.97. The lowest BCUT2D eigenvalue weighted by Crippen LogP contribution is -2.29. The molecule has 1 heterocycles. The van der Waals surface area contributed by atoms with E-state index < -0.39 is 0 Å². The van der Waals surface area contributed by atoms with E-state index in [1.807, 2.05) is 6.07 Å². The average molecular weight is 343 g/mol. The molecule has 1 atom stereocenters. The van der Waals surface area contributed by atoms with E-state index in [2.05, 4.69) is 40.4 Å². The zero-order valence-electron chi connectivity index (χ0n) is 10.6. The number of hydrazine groups is 1. The quantitative estimate of drug-likeness (QED) is 0.637. The molecule has 2 aromatic rings. The first kappa shape index (κ1) is 14.7. The molecule has 2 rings (SSSR count). The predicted molar refractivity (Wildman–Crippen MR) is 81.6 cm³/mol. The van der Waals surface area contributed by atoms with Crippen molar-refractivity contribution in [2.75, 3.05) is 0 Å². The lowest BCUT2D eigenvalue weighted by molar-refractivity contribution is 0.543. The van der Waals surface area contributed by atoms with Crippen molar-refractivity contribution in [3.8, 4) is 0 Å². The molecular formula is C14H16BrFN2S. The Hall–Kier alpha value is -0.750. The molecule has 0 saturated heterocycles. The summed E-state index contributed by atoms with van der Waals surface area (Å²) in [7, 11) is 0. The maximum atomic E-state index is 13.6. The largest absolute Gasteiger partial charge is 0.271 e. The van der Waals surface area contributed by atoms with E-state index in [4.69, 9.17) is 5.84 Å². The van der Waals surface area contributed by atoms with Crippen LogP contribution in [-0.2, 0) is 12.8 Å². The minimum absolute atomic E-state index is 0.103. The third-order valence-corrected chi connectivity index (χ3v) is 5.12. The molecule has 19 heavy (non-hydrogen) atoms. The molecule has 0 bridgehead atoms. The Morgan fingerprint density at radius 3 is 2.68 bits per heavy atom. The molecule has 1 aromatic heterocycles. The molecule has 102 valence electrons. The van der Waals surface area contributed by atoms with Crippen LogP contribution in [0.15, 0.2) is 34.8 Å². The lowest BCUT2D eigenvalue weighted by atomic mass is 10.0. The molecule has 0 aliphatic heterocycles. The van der Waals surface area contributed by atoms with Crippen molar-refractivity contribution in [2.45, 2.75) is 25.8 Å². The van der Waals surface area contributed by atoms with Crippen LogP contribution in [0.1, 0.15) is 28.3 Å². The summed E-state index contributed by atoms with van der Waals surface area (Å²) in [6.45, 7) is 2.14. The van der Waals surface area contributed by atoms with Gasteiger partial charge in [0.2, 0.25) is 0 Å². The maximum Gasteiger partial charge on any atom is 0.137 e. The van der Waals surface area contributed by atoms with Gasteiger partial charge in [-0.15, -0.1) is 11.3 Å². The first-order valence-corrected chi connectivity index (χ1v) is 7.74. The van der Waals surface area contributed by atoms with Gasteiger partial charge in [0, 0.05) is 16.2 Å². The van der Waals surface area contributed by atoms with Gasteiger partial charge in [-0.1, -0.05) is 19.1 Å². The van der Waals surface area contributed by atoms with E-state index in [-0.39, 0.29) is 11.9 Å². The molecule has 0 radical (unpaired) electrons. The Bertz CT molecular complexity index is 556. The Morgan fingerprint density at radius 2 is 2.05 bits per heavy atom. The second-order valence-electron chi connectivity index (χ2n) is 4.29. The number of aryl methyl sites for hydroxylation is 1. The number of nitrogens with two attached hydrogens (primary N) is 1. The Morgan fingerprint density at radius 1 is 1.32 bits per heavy atom. The number of hydrogen-bond donors (Lipinski definition) is 2. The second-order valence-corrected chi connectivity index (χ2v) is 6.33. The summed E-state index contributed by atoms with van der Waals surface area (Å²) in [6, 6.07) is 9.16. The van der Waals surface area contributed by atoms with E-state index in [1.165, 1.54) is 15.8 Å². The fourth-order valence-corrected chi connectivity index (χ4v) is 3.52. The topological polar surface area (TPSA) is 38.0 Å². The molecular weight excluding hydrogens is 327 g/mol. The minimum atomic E-state index is -0.266. The van der Waals surface area contributed by atoms with Gasteiger partial charge < -0.3 is 0 Å². The summed E-state index contributed by atoms with van der Waals surface area (Å²) in [5, 5.41) is 0. The van der Waals surface area contributed by atoms with Gasteiger partial charge in [0.1, 0.15) is 5.82 Å². The number of hydrogen-bond acceptors (Lipinski definition) is 3. The first-order valence-electron chi connectivity index (χ1n) is 6.13. The van der Waals surface area contributed by atoms with Gasteiger partial charge in [0.05, 0.1) is 10.5 Å². The van der Waals surface area contributed by atoms with E-state index in [0.29, 0.717) is 4.47 Å². The Balaban J connectivity index is 2.22. The molecule has 0 amide bonds. The minimum Gasteiger partial charge on any atom is -0.271 e. The van der Waals surface area contributed by atoms with Gasteiger partial charge in [-0.2, -0.15) is 0 Å². The van der Waals surface area contributed by atoms with Gasteiger partial charge in [0.25, 0.3) is 0 Å². The van der Waals surface area contributed by atoms with E-state index in [1.54, 1.807) is 17.4 Å². The smallest absolute Gasteiger partial charge is 0.137 e. The van der Waals surface area contributed by atoms with Crippen LogP contribution < -0.4 is 11.3 Å². The summed E-state index contributed by atoms with van der Waals surface area (Å²) in [5.41, 5.74) is 3.61. The number of thiophene rings is 1. The summed E-state index contributed by atoms with van der Waals surface area (Å²) in [5.74, 6) is 5.36. The maximum absolute atomic E-state index is 13.6. The van der Waals surface area contributed by atoms with Crippen LogP contribution in [0.25, 0.3) is 0 Å². The summed E-state index contributed by atoms with van der Waals surface area (Å²) < 4.78 is 14.0. The highest BCUT2D eigenvalue weighted by atomic mass is 79.9. The second kappa shape index (κ2) is 6.61. The number of benzene rings is 1. The SMILES string of the molecule is CCc1ccc(CC(NN)c2cccc(F)c2Br)s1. The molecule has 0 saturated carbocycles. The molecule has 5 heteroatoms. The van der Waals surface area contributed by atoms with E-state index in [9.17, 15) is 4.39 Å². The number of halogens is 2. The molecule has 0 spiro atoms. The van der Waals surface area contributed by atoms with Gasteiger partial charge in [-0.05, 0) is 46.1 Å². The highest BCUT2D eigenvalue weighted by molar-refractivity contribution is 9.10. The van der Waals surface area contributed by atoms with E-state index >= 15 is 0 Å². The van der Waals surface area contributed by atoms with Crippen molar-refractivity contribution in [2.24, 2.45) is 5.84 Å². The van der Waals surface area contributed by atoms with Crippen molar-refractivity contribution in [1.82, 2.24) is 5.43 Å². The van der Waals surface area contributed by atoms with Crippen LogP contribution in [-0.4, -0.2) is 0 Å². The normalized spacial score (nSPS) is 12.6. The highest BCUT2D eigenvalue weighted by Gasteiger charge is 2.16. The number of nitrogens with one attached hydrogen (secondary N) is 1. The predicted octanol–water partition coefficient (Wildman–Crippen LogP) is 3.96. The standard InChI is InChI=1S/C14H16BrFN2S/c1-2-9-6-7-10(19-9)8-13(18-17)11-4-3-5-12(16)14(11)15/h3-7,13,18H,2,8,17H2,1H3. The molecule has 1 unspecified atom stereocenters. The molecule has 0 aliphatic rings. The van der Waals surface area contributed by atoms with Gasteiger partial charge >= 0.3 is 0 Å². The summed E-state index contributed by atoms with van der Waals surface area (Å²) >= 11 is 5.06. The van der Waals surface area contributed by atoms with Crippen LogP contribution in [0.4, 0.5) is 4.39 Å². The molecule has 2 nitrogen and oxygen atoms in total. The van der Waals surface area contributed by atoms with Crippen LogP contribution in [0.2, 0.25) is 0 Å². The number of rotatable bonds is 5. The molecule has 3 N–H and O–H groups in total. The first-order chi connectivity index (χ1) is 9.15. The van der Waals surface area contributed by atoms with Gasteiger partial charge in [-0.3, -0.25) is 11.3 Å². The zero-order chi connectivity index (χ0) is 13.8. The van der Waals surface area contributed by atoms with Crippen LogP contribution in [0.3, 0.4) is 0 Å². The third kappa shape index (κ3) is 3.42. The monoisotopic (exact) mass is 342 g/mol. The van der Waals surface area contributed by atoms with Gasteiger partial charge in [0.15, 0.2) is 0 Å². The van der Waals surface area contributed by atoms with E-state index in [0.717, 1.165) is 18.4 Å². The zero-order valence-corrected chi connectivity index (χ0v) is 13.0.